The minimum atomic E-state index is -1.25. The Hall–Kier alpha value is -3.48. The highest BCUT2D eigenvalue weighted by molar-refractivity contribution is 6.05. The lowest BCUT2D eigenvalue weighted by molar-refractivity contribution is 0.0679. The van der Waals surface area contributed by atoms with Gasteiger partial charge in [-0.05, 0) is 23.8 Å². The molecule has 0 aliphatic rings. The van der Waals surface area contributed by atoms with Crippen molar-refractivity contribution in [3.8, 4) is 11.1 Å². The summed E-state index contributed by atoms with van der Waals surface area (Å²) in [6, 6.07) is 9.04. The molecule has 24 heavy (non-hydrogen) atoms. The lowest BCUT2D eigenvalue weighted by Crippen LogP contribution is -2.25. The molecule has 2 aromatic heterocycles. The van der Waals surface area contributed by atoms with Crippen molar-refractivity contribution in [2.24, 2.45) is 7.05 Å². The van der Waals surface area contributed by atoms with Crippen molar-refractivity contribution in [2.75, 3.05) is 0 Å². The Morgan fingerprint density at radius 2 is 1.71 bits per heavy atom. The summed E-state index contributed by atoms with van der Waals surface area (Å²) in [5, 5.41) is 19.0. The predicted molar refractivity (Wildman–Crippen MR) is 86.3 cm³/mol. The molecule has 0 saturated heterocycles. The van der Waals surface area contributed by atoms with Crippen LogP contribution in [0.5, 0.6) is 0 Å². The highest BCUT2D eigenvalue weighted by Crippen LogP contribution is 2.30. The number of carboxylic acid groups (broad SMARTS) is 2. The van der Waals surface area contributed by atoms with E-state index in [4.69, 9.17) is 5.11 Å². The van der Waals surface area contributed by atoms with E-state index in [-0.39, 0.29) is 16.8 Å². The smallest absolute Gasteiger partial charge is 0.353 e. The zero-order valence-corrected chi connectivity index (χ0v) is 12.6. The van der Waals surface area contributed by atoms with Gasteiger partial charge in [-0.1, -0.05) is 18.2 Å². The van der Waals surface area contributed by atoms with Gasteiger partial charge in [-0.25, -0.2) is 9.59 Å². The Morgan fingerprint density at radius 1 is 1.04 bits per heavy atom. The second kappa shape index (κ2) is 5.62. The standard InChI is InChI=1S/C17H12N2O5/c1-19-14(17(23)24)12(9-4-6-10(7-5-9)16(21)22)11-3-2-8-18-13(11)15(19)20/h2-8H,1H3,(H,21,22)(H,23,24). The van der Waals surface area contributed by atoms with E-state index in [9.17, 15) is 19.5 Å². The van der Waals surface area contributed by atoms with Crippen LogP contribution in [0.15, 0.2) is 47.4 Å². The number of nitrogens with zero attached hydrogens (tertiary/aromatic N) is 2. The summed E-state index contributed by atoms with van der Waals surface area (Å²) in [6.45, 7) is 0. The number of rotatable bonds is 3. The number of aromatic carboxylic acids is 2. The van der Waals surface area contributed by atoms with Crippen LogP contribution in [0.2, 0.25) is 0 Å². The fraction of sp³-hybridized carbons (Fsp3) is 0.0588. The molecule has 2 heterocycles. The van der Waals surface area contributed by atoms with Gasteiger partial charge in [0, 0.05) is 24.2 Å². The van der Waals surface area contributed by atoms with Gasteiger partial charge in [0.1, 0.15) is 11.2 Å². The monoisotopic (exact) mass is 324 g/mol. The summed E-state index contributed by atoms with van der Waals surface area (Å²) >= 11 is 0. The molecule has 0 amide bonds. The molecule has 1 aromatic carbocycles. The molecule has 0 bridgehead atoms. The van der Waals surface area contributed by atoms with Crippen LogP contribution in [0.1, 0.15) is 20.8 Å². The topological polar surface area (TPSA) is 109 Å². The average molecular weight is 324 g/mol. The zero-order valence-electron chi connectivity index (χ0n) is 12.6. The van der Waals surface area contributed by atoms with Gasteiger partial charge in [-0.2, -0.15) is 0 Å². The summed E-state index contributed by atoms with van der Waals surface area (Å²) in [4.78, 5) is 39.1. The van der Waals surface area contributed by atoms with Crippen molar-refractivity contribution in [1.29, 1.82) is 0 Å². The van der Waals surface area contributed by atoms with E-state index in [1.165, 1.54) is 37.5 Å². The Balaban J connectivity index is 2.43. The van der Waals surface area contributed by atoms with Crippen molar-refractivity contribution in [3.05, 3.63) is 64.2 Å². The van der Waals surface area contributed by atoms with E-state index < -0.39 is 17.5 Å². The number of fused-ring (bicyclic) bond motifs is 1. The van der Waals surface area contributed by atoms with Crippen molar-refractivity contribution < 1.29 is 19.8 Å². The third-order valence-corrected chi connectivity index (χ3v) is 3.78. The maximum absolute atomic E-state index is 12.3. The minimum Gasteiger partial charge on any atom is -0.478 e. The van der Waals surface area contributed by atoms with Gasteiger partial charge < -0.3 is 14.8 Å². The van der Waals surface area contributed by atoms with E-state index in [0.29, 0.717) is 16.5 Å². The van der Waals surface area contributed by atoms with E-state index in [0.717, 1.165) is 4.57 Å². The predicted octanol–water partition coefficient (Wildman–Crippen LogP) is 2.00. The van der Waals surface area contributed by atoms with Gasteiger partial charge in [0.15, 0.2) is 0 Å². The Morgan fingerprint density at radius 3 is 2.29 bits per heavy atom. The van der Waals surface area contributed by atoms with Crippen LogP contribution in [0.3, 0.4) is 0 Å². The van der Waals surface area contributed by atoms with E-state index in [2.05, 4.69) is 4.98 Å². The molecule has 3 aromatic rings. The van der Waals surface area contributed by atoms with Crippen LogP contribution in [-0.4, -0.2) is 31.7 Å². The Bertz CT molecular complexity index is 1040. The van der Waals surface area contributed by atoms with Gasteiger partial charge in [-0.15, -0.1) is 0 Å². The molecule has 0 radical (unpaired) electrons. The second-order valence-electron chi connectivity index (χ2n) is 5.18. The first-order valence-corrected chi connectivity index (χ1v) is 6.96. The number of pyridine rings is 2. The van der Waals surface area contributed by atoms with Gasteiger partial charge in [-0.3, -0.25) is 9.78 Å². The number of hydrogen-bond acceptors (Lipinski definition) is 4. The van der Waals surface area contributed by atoms with Crippen molar-refractivity contribution in [2.45, 2.75) is 0 Å². The van der Waals surface area contributed by atoms with Crippen LogP contribution in [-0.2, 0) is 7.05 Å². The van der Waals surface area contributed by atoms with E-state index in [1.807, 2.05) is 0 Å². The number of benzene rings is 1. The SMILES string of the molecule is Cn1c(C(=O)O)c(-c2ccc(C(=O)O)cc2)c2cccnc2c1=O. The molecule has 3 rings (SSSR count). The number of carbonyl (C=O) groups is 2. The summed E-state index contributed by atoms with van der Waals surface area (Å²) < 4.78 is 1.04. The highest BCUT2D eigenvalue weighted by atomic mass is 16.4. The van der Waals surface area contributed by atoms with Crippen molar-refractivity contribution >= 4 is 22.8 Å². The van der Waals surface area contributed by atoms with E-state index >= 15 is 0 Å². The third-order valence-electron chi connectivity index (χ3n) is 3.78. The summed E-state index contributed by atoms with van der Waals surface area (Å²) in [5.41, 5.74) is 0.373. The molecule has 2 N–H and O–H groups in total. The largest absolute Gasteiger partial charge is 0.478 e. The molecule has 120 valence electrons. The fourth-order valence-electron chi connectivity index (χ4n) is 2.66. The van der Waals surface area contributed by atoms with Crippen molar-refractivity contribution in [3.63, 3.8) is 0 Å². The molecule has 0 saturated carbocycles. The van der Waals surface area contributed by atoms with Gasteiger partial charge >= 0.3 is 11.9 Å². The molecule has 0 fully saturated rings. The Kier molecular flexibility index (Phi) is 3.61. The van der Waals surface area contributed by atoms with Gasteiger partial charge in [0.25, 0.3) is 5.56 Å². The average Bonchev–Trinajstić information content (AvgIpc) is 2.57. The van der Waals surface area contributed by atoms with E-state index in [1.54, 1.807) is 12.1 Å². The molecule has 7 heteroatoms. The van der Waals surface area contributed by atoms with Crippen LogP contribution >= 0.6 is 0 Å². The zero-order chi connectivity index (χ0) is 17.4. The first-order valence-electron chi connectivity index (χ1n) is 6.96. The summed E-state index contributed by atoms with van der Waals surface area (Å²) in [5.74, 6) is -2.33. The quantitative estimate of drug-likeness (QED) is 0.762. The fourth-order valence-corrected chi connectivity index (χ4v) is 2.66. The molecule has 0 aliphatic carbocycles. The normalized spacial score (nSPS) is 10.7. The second-order valence-corrected chi connectivity index (χ2v) is 5.18. The maximum Gasteiger partial charge on any atom is 0.353 e. The highest BCUT2D eigenvalue weighted by Gasteiger charge is 2.21. The first-order chi connectivity index (χ1) is 11.4. The van der Waals surface area contributed by atoms with Crippen LogP contribution in [0.4, 0.5) is 0 Å². The molecule has 0 unspecified atom stereocenters. The number of carboxylic acids is 2. The third kappa shape index (κ3) is 2.32. The summed E-state index contributed by atoms with van der Waals surface area (Å²) in [6.07, 6.45) is 1.46. The maximum atomic E-state index is 12.3. The van der Waals surface area contributed by atoms with Gasteiger partial charge in [0.05, 0.1) is 5.56 Å². The summed E-state index contributed by atoms with van der Waals surface area (Å²) in [7, 11) is 1.37. The van der Waals surface area contributed by atoms with Crippen LogP contribution in [0, 0.1) is 0 Å². The van der Waals surface area contributed by atoms with Crippen LogP contribution < -0.4 is 5.56 Å². The molecule has 0 atom stereocenters. The first kappa shape index (κ1) is 15.4. The molecule has 0 spiro atoms. The molecule has 7 nitrogen and oxygen atoms in total. The van der Waals surface area contributed by atoms with Crippen LogP contribution in [0.25, 0.3) is 22.0 Å². The van der Waals surface area contributed by atoms with Crippen molar-refractivity contribution in [1.82, 2.24) is 9.55 Å². The van der Waals surface area contributed by atoms with Gasteiger partial charge in [0.2, 0.25) is 0 Å². The lowest BCUT2D eigenvalue weighted by atomic mass is 9.97. The molecular weight excluding hydrogens is 312 g/mol. The molecular formula is C17H12N2O5. The number of aromatic nitrogens is 2. The Labute approximate surface area is 135 Å². The molecule has 0 aliphatic heterocycles. The lowest BCUT2D eigenvalue weighted by Gasteiger charge is -2.14. The number of hydrogen-bond donors (Lipinski definition) is 2. The minimum absolute atomic E-state index is 0.0860.